The Morgan fingerprint density at radius 2 is 1.62 bits per heavy atom. The Kier molecular flexibility index (Phi) is 3.52. The molecule has 2 rings (SSSR count). The van der Waals surface area contributed by atoms with E-state index in [4.69, 9.17) is 23.2 Å². The summed E-state index contributed by atoms with van der Waals surface area (Å²) in [6, 6.07) is 15.9. The molecule has 0 nitrogen and oxygen atoms in total. The molecule has 1 unspecified atom stereocenters. The summed E-state index contributed by atoms with van der Waals surface area (Å²) in [4.78, 5) is 0. The van der Waals surface area contributed by atoms with Crippen LogP contribution in [-0.2, 0) is 0 Å². The van der Waals surface area contributed by atoms with Crippen molar-refractivity contribution in [3.05, 3.63) is 70.2 Å². The van der Waals surface area contributed by atoms with Gasteiger partial charge in [-0.2, -0.15) is 0 Å². The Hall–Kier alpha value is -0.980. The first kappa shape index (κ1) is 11.5. The summed E-state index contributed by atoms with van der Waals surface area (Å²) < 4.78 is 0. The van der Waals surface area contributed by atoms with Crippen molar-refractivity contribution in [2.24, 2.45) is 0 Å². The maximum atomic E-state index is 6.40. The molecule has 0 amide bonds. The van der Waals surface area contributed by atoms with Gasteiger partial charge in [-0.3, -0.25) is 0 Å². The van der Waals surface area contributed by atoms with Gasteiger partial charge in [-0.25, -0.2) is 0 Å². The minimum atomic E-state index is -0.140. The molecule has 0 aliphatic carbocycles. The summed E-state index contributed by atoms with van der Waals surface area (Å²) in [6.07, 6.45) is 0. The van der Waals surface area contributed by atoms with Gasteiger partial charge in [-0.15, -0.1) is 11.6 Å². The van der Waals surface area contributed by atoms with E-state index in [2.05, 4.69) is 19.1 Å². The lowest BCUT2D eigenvalue weighted by Crippen LogP contribution is -1.92. The number of aryl methyl sites for hydroxylation is 1. The van der Waals surface area contributed by atoms with Gasteiger partial charge in [0.1, 0.15) is 0 Å². The van der Waals surface area contributed by atoms with E-state index in [0.29, 0.717) is 0 Å². The molecule has 0 aliphatic rings. The third-order valence-electron chi connectivity index (χ3n) is 2.51. The van der Waals surface area contributed by atoms with Gasteiger partial charge in [0.05, 0.1) is 5.38 Å². The molecule has 0 saturated heterocycles. The molecule has 0 aliphatic heterocycles. The smallest absolute Gasteiger partial charge is 0.0835 e. The van der Waals surface area contributed by atoms with Crippen molar-refractivity contribution < 1.29 is 0 Å². The third kappa shape index (κ3) is 2.58. The van der Waals surface area contributed by atoms with Crippen LogP contribution in [0.2, 0.25) is 5.02 Å². The summed E-state index contributed by atoms with van der Waals surface area (Å²) in [7, 11) is 0. The molecule has 82 valence electrons. The minimum absolute atomic E-state index is 0.140. The molecule has 0 aromatic heterocycles. The molecule has 2 aromatic rings. The van der Waals surface area contributed by atoms with Crippen LogP contribution in [0, 0.1) is 6.92 Å². The van der Waals surface area contributed by atoms with E-state index in [1.54, 1.807) is 0 Å². The monoisotopic (exact) mass is 250 g/mol. The van der Waals surface area contributed by atoms with E-state index in [9.17, 15) is 0 Å². The average Bonchev–Trinajstić information content (AvgIpc) is 2.29. The van der Waals surface area contributed by atoms with Gasteiger partial charge in [0.15, 0.2) is 0 Å². The standard InChI is InChI=1S/C14H12Cl2/c1-10-5-7-11(8-6-10)14(16)12-3-2-4-13(15)9-12/h2-9,14H,1H3. The zero-order chi connectivity index (χ0) is 11.5. The molecule has 0 fully saturated rings. The minimum Gasteiger partial charge on any atom is -0.113 e. The highest BCUT2D eigenvalue weighted by atomic mass is 35.5. The van der Waals surface area contributed by atoms with Crippen molar-refractivity contribution in [2.45, 2.75) is 12.3 Å². The van der Waals surface area contributed by atoms with Crippen LogP contribution in [0.4, 0.5) is 0 Å². The SMILES string of the molecule is Cc1ccc(C(Cl)c2cccc(Cl)c2)cc1. The average molecular weight is 251 g/mol. The Bertz CT molecular complexity index is 474. The molecule has 0 N–H and O–H groups in total. The zero-order valence-corrected chi connectivity index (χ0v) is 10.5. The van der Waals surface area contributed by atoms with E-state index < -0.39 is 0 Å². The van der Waals surface area contributed by atoms with E-state index >= 15 is 0 Å². The summed E-state index contributed by atoms with van der Waals surface area (Å²) in [5.41, 5.74) is 3.35. The van der Waals surface area contributed by atoms with Crippen molar-refractivity contribution in [2.75, 3.05) is 0 Å². The summed E-state index contributed by atoms with van der Waals surface area (Å²) in [5.74, 6) is 0. The lowest BCUT2D eigenvalue weighted by Gasteiger charge is -2.10. The van der Waals surface area contributed by atoms with Crippen LogP contribution < -0.4 is 0 Å². The van der Waals surface area contributed by atoms with Crippen LogP contribution in [0.1, 0.15) is 22.1 Å². The summed E-state index contributed by atoms with van der Waals surface area (Å²) >= 11 is 12.3. The van der Waals surface area contributed by atoms with Gasteiger partial charge in [0.25, 0.3) is 0 Å². The number of benzene rings is 2. The summed E-state index contributed by atoms with van der Waals surface area (Å²) in [5, 5.41) is 0.578. The van der Waals surface area contributed by atoms with Gasteiger partial charge >= 0.3 is 0 Å². The first-order valence-corrected chi connectivity index (χ1v) is 5.94. The molecule has 2 aromatic carbocycles. The second kappa shape index (κ2) is 4.90. The van der Waals surface area contributed by atoms with Crippen molar-refractivity contribution in [1.82, 2.24) is 0 Å². The fourth-order valence-electron chi connectivity index (χ4n) is 1.59. The highest BCUT2D eigenvalue weighted by Gasteiger charge is 2.10. The Morgan fingerprint density at radius 1 is 0.938 bits per heavy atom. The Morgan fingerprint density at radius 3 is 2.25 bits per heavy atom. The predicted octanol–water partition coefficient (Wildman–Crippen LogP) is 4.98. The van der Waals surface area contributed by atoms with Crippen LogP contribution in [0.25, 0.3) is 0 Å². The van der Waals surface area contributed by atoms with Gasteiger partial charge in [-0.05, 0) is 30.2 Å². The van der Waals surface area contributed by atoms with E-state index in [1.165, 1.54) is 5.56 Å². The molecule has 16 heavy (non-hydrogen) atoms. The van der Waals surface area contributed by atoms with E-state index in [0.717, 1.165) is 16.1 Å². The topological polar surface area (TPSA) is 0 Å². The van der Waals surface area contributed by atoms with Gasteiger partial charge in [0, 0.05) is 5.02 Å². The largest absolute Gasteiger partial charge is 0.113 e. The number of rotatable bonds is 2. The normalized spacial score (nSPS) is 12.4. The van der Waals surface area contributed by atoms with Crippen LogP contribution in [-0.4, -0.2) is 0 Å². The number of hydrogen-bond donors (Lipinski definition) is 0. The molecule has 2 heteroatoms. The first-order chi connectivity index (χ1) is 7.66. The first-order valence-electron chi connectivity index (χ1n) is 5.13. The highest BCUT2D eigenvalue weighted by molar-refractivity contribution is 6.30. The molecular weight excluding hydrogens is 239 g/mol. The molecular formula is C14H12Cl2. The van der Waals surface area contributed by atoms with Crippen LogP contribution >= 0.6 is 23.2 Å². The lowest BCUT2D eigenvalue weighted by atomic mass is 10.0. The van der Waals surface area contributed by atoms with Crippen LogP contribution in [0.3, 0.4) is 0 Å². The second-order valence-electron chi connectivity index (χ2n) is 3.83. The lowest BCUT2D eigenvalue weighted by molar-refractivity contribution is 1.14. The van der Waals surface area contributed by atoms with Crippen molar-refractivity contribution >= 4 is 23.2 Å². The third-order valence-corrected chi connectivity index (χ3v) is 3.25. The van der Waals surface area contributed by atoms with Crippen molar-refractivity contribution in [1.29, 1.82) is 0 Å². The maximum Gasteiger partial charge on any atom is 0.0835 e. The summed E-state index contributed by atoms with van der Waals surface area (Å²) in [6.45, 7) is 2.06. The van der Waals surface area contributed by atoms with Gasteiger partial charge < -0.3 is 0 Å². The van der Waals surface area contributed by atoms with E-state index in [1.807, 2.05) is 36.4 Å². The van der Waals surface area contributed by atoms with Crippen molar-refractivity contribution in [3.8, 4) is 0 Å². The maximum absolute atomic E-state index is 6.40. The fourth-order valence-corrected chi connectivity index (χ4v) is 2.07. The van der Waals surface area contributed by atoms with E-state index in [-0.39, 0.29) is 5.38 Å². The predicted molar refractivity (Wildman–Crippen MR) is 70.3 cm³/mol. The molecule has 0 spiro atoms. The quantitative estimate of drug-likeness (QED) is 0.660. The Labute approximate surface area is 106 Å². The second-order valence-corrected chi connectivity index (χ2v) is 4.70. The Balaban J connectivity index is 2.31. The highest BCUT2D eigenvalue weighted by Crippen LogP contribution is 2.30. The van der Waals surface area contributed by atoms with Crippen LogP contribution in [0.5, 0.6) is 0 Å². The number of alkyl halides is 1. The molecule has 0 saturated carbocycles. The molecule has 1 atom stereocenters. The zero-order valence-electron chi connectivity index (χ0n) is 8.95. The molecule has 0 heterocycles. The van der Waals surface area contributed by atoms with Crippen molar-refractivity contribution in [3.63, 3.8) is 0 Å². The fraction of sp³-hybridized carbons (Fsp3) is 0.143. The van der Waals surface area contributed by atoms with Gasteiger partial charge in [0.2, 0.25) is 0 Å². The van der Waals surface area contributed by atoms with Crippen LogP contribution in [0.15, 0.2) is 48.5 Å². The van der Waals surface area contributed by atoms with Gasteiger partial charge in [-0.1, -0.05) is 53.6 Å². The molecule has 0 bridgehead atoms. The number of halogens is 2. The number of hydrogen-bond acceptors (Lipinski definition) is 0. The molecule has 0 radical (unpaired) electrons.